The van der Waals surface area contributed by atoms with Crippen LogP contribution in [0.15, 0.2) is 53.4 Å². The molecule has 4 aromatic rings. The predicted octanol–water partition coefficient (Wildman–Crippen LogP) is 3.19. The molecule has 3 aromatic heterocycles. The molecule has 0 aliphatic rings. The Morgan fingerprint density at radius 3 is 2.32 bits per heavy atom. The summed E-state index contributed by atoms with van der Waals surface area (Å²) in [5.74, 6) is 1.16. The molecule has 178 valence electrons. The Morgan fingerprint density at radius 1 is 1.06 bits per heavy atom. The highest BCUT2D eigenvalue weighted by Gasteiger charge is 2.27. The van der Waals surface area contributed by atoms with Crippen LogP contribution in [0.3, 0.4) is 0 Å². The summed E-state index contributed by atoms with van der Waals surface area (Å²) >= 11 is 0. The van der Waals surface area contributed by atoms with E-state index in [2.05, 4.69) is 24.9 Å². The SMILES string of the molecule is COc1cccc(OC)c1-n1c(NS(=O)(=O)C[C@H](C)c2ncc(C)cn2)nnc1-c1ccco1. The normalized spacial score (nSPS) is 12.4. The average molecular weight is 485 g/mol. The van der Waals surface area contributed by atoms with Gasteiger partial charge in [0.05, 0.1) is 26.2 Å². The van der Waals surface area contributed by atoms with Crippen LogP contribution in [0.2, 0.25) is 0 Å². The fraction of sp³-hybridized carbons (Fsp3) is 0.273. The Kier molecular flexibility index (Phi) is 6.50. The summed E-state index contributed by atoms with van der Waals surface area (Å²) in [6.45, 7) is 3.61. The second-order valence-electron chi connectivity index (χ2n) is 7.57. The molecule has 3 heterocycles. The molecule has 1 atom stereocenters. The van der Waals surface area contributed by atoms with Gasteiger partial charge in [0.25, 0.3) is 0 Å². The lowest BCUT2D eigenvalue weighted by atomic mass is 10.2. The smallest absolute Gasteiger partial charge is 0.243 e. The van der Waals surface area contributed by atoms with Gasteiger partial charge in [-0.3, -0.25) is 9.29 Å². The van der Waals surface area contributed by atoms with E-state index in [4.69, 9.17) is 13.9 Å². The van der Waals surface area contributed by atoms with Crippen molar-refractivity contribution in [3.05, 3.63) is 60.4 Å². The van der Waals surface area contributed by atoms with Crippen LogP contribution >= 0.6 is 0 Å². The number of aryl methyl sites for hydroxylation is 1. The summed E-state index contributed by atoms with van der Waals surface area (Å²) in [7, 11) is -0.878. The first-order valence-electron chi connectivity index (χ1n) is 10.3. The molecule has 11 nitrogen and oxygen atoms in total. The molecule has 34 heavy (non-hydrogen) atoms. The minimum atomic E-state index is -3.88. The quantitative estimate of drug-likeness (QED) is 0.380. The lowest BCUT2D eigenvalue weighted by Gasteiger charge is -2.17. The zero-order valence-corrected chi connectivity index (χ0v) is 19.9. The van der Waals surface area contributed by atoms with Crippen LogP contribution < -0.4 is 14.2 Å². The summed E-state index contributed by atoms with van der Waals surface area (Å²) in [6, 6.07) is 8.58. The van der Waals surface area contributed by atoms with Crippen molar-refractivity contribution in [3.8, 4) is 28.8 Å². The van der Waals surface area contributed by atoms with Gasteiger partial charge in [0.15, 0.2) is 5.76 Å². The minimum Gasteiger partial charge on any atom is -0.494 e. The van der Waals surface area contributed by atoms with Crippen LogP contribution in [0.1, 0.15) is 24.2 Å². The number of nitrogens with one attached hydrogen (secondary N) is 1. The molecule has 0 aliphatic heterocycles. The first-order chi connectivity index (χ1) is 16.3. The third-order valence-electron chi connectivity index (χ3n) is 4.99. The number of nitrogens with zero attached hydrogens (tertiary/aromatic N) is 5. The van der Waals surface area contributed by atoms with Crippen molar-refractivity contribution in [2.75, 3.05) is 24.7 Å². The molecule has 0 saturated carbocycles. The first-order valence-corrected chi connectivity index (χ1v) is 12.0. The Labute approximate surface area is 196 Å². The fourth-order valence-corrected chi connectivity index (χ4v) is 4.72. The average Bonchev–Trinajstić information content (AvgIpc) is 3.48. The van der Waals surface area contributed by atoms with Gasteiger partial charge < -0.3 is 13.9 Å². The van der Waals surface area contributed by atoms with E-state index in [0.717, 1.165) is 5.56 Å². The molecule has 0 aliphatic carbocycles. The Morgan fingerprint density at radius 2 is 1.74 bits per heavy atom. The van der Waals surface area contributed by atoms with Crippen molar-refractivity contribution in [3.63, 3.8) is 0 Å². The van der Waals surface area contributed by atoms with Crippen molar-refractivity contribution in [1.29, 1.82) is 0 Å². The molecule has 0 bridgehead atoms. The van der Waals surface area contributed by atoms with E-state index in [1.807, 2.05) is 6.92 Å². The topological polar surface area (TPSA) is 134 Å². The van der Waals surface area contributed by atoms with E-state index >= 15 is 0 Å². The molecule has 12 heteroatoms. The van der Waals surface area contributed by atoms with Crippen LogP contribution in [0.4, 0.5) is 5.95 Å². The summed E-state index contributed by atoms with van der Waals surface area (Å²) < 4.78 is 46.8. The predicted molar refractivity (Wildman–Crippen MR) is 125 cm³/mol. The number of para-hydroxylation sites is 1. The molecule has 0 saturated heterocycles. The van der Waals surface area contributed by atoms with Crippen molar-refractivity contribution in [2.45, 2.75) is 19.8 Å². The second-order valence-corrected chi connectivity index (χ2v) is 9.34. The van der Waals surface area contributed by atoms with E-state index in [1.54, 1.807) is 49.6 Å². The zero-order chi connectivity index (χ0) is 24.3. The number of methoxy groups -OCH3 is 2. The summed E-state index contributed by atoms with van der Waals surface area (Å²) in [5, 5.41) is 8.27. The number of anilines is 1. The Bertz CT molecular complexity index is 1350. The maximum absolute atomic E-state index is 13.1. The molecule has 0 fully saturated rings. The van der Waals surface area contributed by atoms with Gasteiger partial charge in [0.1, 0.15) is 23.0 Å². The zero-order valence-electron chi connectivity index (χ0n) is 19.1. The molecule has 1 N–H and O–H groups in total. The van der Waals surface area contributed by atoms with Crippen molar-refractivity contribution >= 4 is 16.0 Å². The van der Waals surface area contributed by atoms with Gasteiger partial charge in [-0.25, -0.2) is 18.4 Å². The number of aromatic nitrogens is 5. The van der Waals surface area contributed by atoms with Crippen molar-refractivity contribution in [2.24, 2.45) is 0 Å². The second kappa shape index (κ2) is 9.51. The van der Waals surface area contributed by atoms with E-state index in [9.17, 15) is 8.42 Å². The molecule has 0 spiro atoms. The standard InChI is InChI=1S/C22H24N6O5S/c1-14-11-23-20(24-12-14)15(2)13-34(29,30)27-22-26-25-21(18-9-6-10-33-18)28(22)19-16(31-3)7-5-8-17(19)32-4/h5-12,15H,13H2,1-4H3,(H,26,27)/t15-/m0/s1. The number of sulfonamides is 1. The minimum absolute atomic E-state index is 0.0498. The van der Waals surface area contributed by atoms with Crippen LogP contribution in [-0.4, -0.2) is 53.1 Å². The van der Waals surface area contributed by atoms with Crippen LogP contribution in [0.5, 0.6) is 11.5 Å². The molecular weight excluding hydrogens is 460 g/mol. The van der Waals surface area contributed by atoms with Crippen molar-refractivity contribution < 1.29 is 22.3 Å². The van der Waals surface area contributed by atoms with E-state index in [0.29, 0.717) is 28.8 Å². The summed E-state index contributed by atoms with van der Waals surface area (Å²) in [6.07, 6.45) is 4.79. The van der Waals surface area contributed by atoms with Crippen LogP contribution in [0, 0.1) is 6.92 Å². The number of furan rings is 1. The van der Waals surface area contributed by atoms with Gasteiger partial charge in [-0.2, -0.15) is 0 Å². The highest BCUT2D eigenvalue weighted by Crippen LogP contribution is 2.37. The van der Waals surface area contributed by atoms with Crippen molar-refractivity contribution in [1.82, 2.24) is 24.7 Å². The Balaban J connectivity index is 1.76. The maximum Gasteiger partial charge on any atom is 0.243 e. The molecule has 0 radical (unpaired) electrons. The fourth-order valence-electron chi connectivity index (χ4n) is 3.42. The lowest BCUT2D eigenvalue weighted by molar-refractivity contribution is 0.391. The molecule has 0 amide bonds. The van der Waals surface area contributed by atoms with Gasteiger partial charge in [-0.05, 0) is 36.8 Å². The molecule has 0 unspecified atom stereocenters. The third kappa shape index (κ3) is 4.71. The molecule has 4 rings (SSSR count). The van der Waals surface area contributed by atoms with E-state index < -0.39 is 15.9 Å². The van der Waals surface area contributed by atoms with Gasteiger partial charge in [0, 0.05) is 18.3 Å². The molecular formula is C22H24N6O5S. The number of hydrogen-bond acceptors (Lipinski definition) is 9. The maximum atomic E-state index is 13.1. The highest BCUT2D eigenvalue weighted by atomic mass is 32.2. The van der Waals surface area contributed by atoms with Gasteiger partial charge in [-0.1, -0.05) is 13.0 Å². The van der Waals surface area contributed by atoms with E-state index in [1.165, 1.54) is 25.0 Å². The number of benzene rings is 1. The number of ether oxygens (including phenoxy) is 2. The lowest BCUT2D eigenvalue weighted by Crippen LogP contribution is -2.23. The third-order valence-corrected chi connectivity index (χ3v) is 6.42. The first kappa shape index (κ1) is 23.2. The highest BCUT2D eigenvalue weighted by molar-refractivity contribution is 7.92. The summed E-state index contributed by atoms with van der Waals surface area (Å²) in [5.41, 5.74) is 1.30. The number of hydrogen-bond donors (Lipinski definition) is 1. The van der Waals surface area contributed by atoms with Crippen LogP contribution in [-0.2, 0) is 10.0 Å². The van der Waals surface area contributed by atoms with Gasteiger partial charge in [0.2, 0.25) is 21.8 Å². The Hall–Kier alpha value is -3.93. The van der Waals surface area contributed by atoms with Crippen LogP contribution in [0.25, 0.3) is 17.3 Å². The largest absolute Gasteiger partial charge is 0.494 e. The van der Waals surface area contributed by atoms with Gasteiger partial charge >= 0.3 is 0 Å². The number of rotatable bonds is 9. The van der Waals surface area contributed by atoms with E-state index in [-0.39, 0.29) is 17.5 Å². The summed E-state index contributed by atoms with van der Waals surface area (Å²) in [4.78, 5) is 8.47. The monoisotopic (exact) mass is 484 g/mol. The molecule has 1 aromatic carbocycles. The van der Waals surface area contributed by atoms with Gasteiger partial charge in [-0.15, -0.1) is 10.2 Å².